The summed E-state index contributed by atoms with van der Waals surface area (Å²) in [5.74, 6) is -0.844. The van der Waals surface area contributed by atoms with Crippen molar-refractivity contribution in [2.75, 3.05) is 13.2 Å². The van der Waals surface area contributed by atoms with Gasteiger partial charge < -0.3 is 14.8 Å². The Morgan fingerprint density at radius 2 is 1.41 bits per heavy atom. The van der Waals surface area contributed by atoms with Crippen LogP contribution in [0.1, 0.15) is 32.1 Å². The summed E-state index contributed by atoms with van der Waals surface area (Å²) < 4.78 is 37.5. The third kappa shape index (κ3) is 7.35. The number of nitrogens with one attached hydrogen (secondary N) is 1. The minimum absolute atomic E-state index is 0.00188. The van der Waals surface area contributed by atoms with E-state index in [0.29, 0.717) is 6.42 Å². The van der Waals surface area contributed by atoms with Gasteiger partial charge in [0.1, 0.15) is 29.7 Å². The lowest BCUT2D eigenvalue weighted by Crippen LogP contribution is -2.40. The summed E-state index contributed by atoms with van der Waals surface area (Å²) in [6, 6.07) is 8.04. The van der Waals surface area contributed by atoms with Crippen molar-refractivity contribution in [3.8, 4) is 11.5 Å². The Morgan fingerprint density at radius 1 is 0.875 bits per heavy atom. The topological polar surface area (TPSA) is 64.6 Å². The summed E-state index contributed by atoms with van der Waals surface area (Å²) in [5, 5.41) is 2.89. The molecule has 1 saturated carbocycles. The molecule has 5 nitrogen and oxygen atoms in total. The summed E-state index contributed by atoms with van der Waals surface area (Å²) in [6.07, 6.45) is 3.48. The molecule has 2 aromatic carbocycles. The number of rotatable bonds is 9. The number of hydrogen-bond donors (Lipinski definition) is 1. The monoisotopic (exact) mass is 485 g/mol. The van der Waals surface area contributed by atoms with Crippen molar-refractivity contribution in [2.45, 2.75) is 38.1 Å². The van der Waals surface area contributed by atoms with E-state index >= 15 is 0 Å². The summed E-state index contributed by atoms with van der Waals surface area (Å²) in [5.41, 5.74) is 0. The average molecular weight is 486 g/mol. The Labute approximate surface area is 195 Å². The van der Waals surface area contributed by atoms with Crippen LogP contribution in [0.3, 0.4) is 0 Å². The first-order valence-electron chi connectivity index (χ1n) is 10.3. The molecule has 0 radical (unpaired) electrons. The van der Waals surface area contributed by atoms with Crippen LogP contribution in [0.15, 0.2) is 36.4 Å². The lowest BCUT2D eigenvalue weighted by Gasteiger charge is -2.28. The second-order valence-electron chi connectivity index (χ2n) is 7.76. The van der Waals surface area contributed by atoms with E-state index in [2.05, 4.69) is 5.32 Å². The zero-order valence-corrected chi connectivity index (χ0v) is 18.7. The van der Waals surface area contributed by atoms with Crippen molar-refractivity contribution in [1.82, 2.24) is 5.32 Å². The highest BCUT2D eigenvalue weighted by Crippen LogP contribution is 2.27. The van der Waals surface area contributed by atoms with Crippen LogP contribution < -0.4 is 14.8 Å². The van der Waals surface area contributed by atoms with Crippen LogP contribution in [0.25, 0.3) is 0 Å². The van der Waals surface area contributed by atoms with Crippen LogP contribution in [0.5, 0.6) is 11.5 Å². The number of Topliss-reactive ketones (excluding diaryl/α,β-unsaturated/α-hetero) is 1. The fourth-order valence-corrected chi connectivity index (χ4v) is 3.84. The van der Waals surface area contributed by atoms with E-state index in [1.54, 1.807) is 0 Å². The maximum absolute atomic E-state index is 13.4. The average Bonchev–Trinajstić information content (AvgIpc) is 2.77. The van der Waals surface area contributed by atoms with Crippen molar-refractivity contribution >= 4 is 34.9 Å². The number of carbonyl (C=O) groups excluding carboxylic acids is 2. The standard InChI is InChI=1S/C23H23Cl2F2NO4/c24-19-7-5-17(10-21(19)26)31-12-16(29)9-14-1-3-15(4-2-14)28-23(30)13-32-18-6-8-20(25)22(27)11-18/h5-8,10-11,14-15H,1-4,9,12-13H2,(H,28,30). The Hall–Kier alpha value is -2.38. The minimum Gasteiger partial charge on any atom is -0.486 e. The first-order chi connectivity index (χ1) is 15.3. The van der Waals surface area contributed by atoms with E-state index in [4.69, 9.17) is 32.7 Å². The molecule has 1 N–H and O–H groups in total. The van der Waals surface area contributed by atoms with Crippen LogP contribution in [-0.4, -0.2) is 30.9 Å². The molecule has 0 spiro atoms. The molecule has 0 unspecified atom stereocenters. The second kappa shape index (κ2) is 11.5. The number of ether oxygens (including phenoxy) is 2. The molecule has 3 rings (SSSR count). The zero-order valence-electron chi connectivity index (χ0n) is 17.2. The smallest absolute Gasteiger partial charge is 0.258 e. The molecule has 2 aromatic rings. The zero-order chi connectivity index (χ0) is 23.1. The van der Waals surface area contributed by atoms with Gasteiger partial charge >= 0.3 is 0 Å². The van der Waals surface area contributed by atoms with Crippen molar-refractivity contribution in [3.63, 3.8) is 0 Å². The number of amides is 1. The van der Waals surface area contributed by atoms with Crippen LogP contribution in [0, 0.1) is 17.6 Å². The summed E-state index contributed by atoms with van der Waals surface area (Å²) in [6.45, 7) is -0.345. The highest BCUT2D eigenvalue weighted by molar-refractivity contribution is 6.31. The number of benzene rings is 2. The predicted octanol–water partition coefficient (Wildman–Crippen LogP) is 5.36. The Bertz CT molecular complexity index is 888. The molecule has 1 aliphatic carbocycles. The van der Waals surface area contributed by atoms with Gasteiger partial charge in [-0.2, -0.15) is 0 Å². The fraction of sp³-hybridized carbons (Fsp3) is 0.391. The first kappa shape index (κ1) is 24.3. The predicted molar refractivity (Wildman–Crippen MR) is 117 cm³/mol. The molecular weight excluding hydrogens is 463 g/mol. The van der Waals surface area contributed by atoms with Crippen LogP contribution in [-0.2, 0) is 9.59 Å². The maximum Gasteiger partial charge on any atom is 0.258 e. The van der Waals surface area contributed by atoms with Gasteiger partial charge in [-0.05, 0) is 55.9 Å². The van der Waals surface area contributed by atoms with Gasteiger partial charge in [-0.25, -0.2) is 8.78 Å². The molecule has 0 heterocycles. The lowest BCUT2D eigenvalue weighted by atomic mass is 9.83. The quantitative estimate of drug-likeness (QED) is 0.518. The van der Waals surface area contributed by atoms with E-state index in [1.165, 1.54) is 24.3 Å². The lowest BCUT2D eigenvalue weighted by molar-refractivity contribution is -0.125. The molecule has 1 aliphatic rings. The van der Waals surface area contributed by atoms with E-state index in [-0.39, 0.29) is 58.4 Å². The molecule has 1 fully saturated rings. The normalized spacial score (nSPS) is 18.1. The molecule has 0 aromatic heterocycles. The SMILES string of the molecule is O=C(COc1ccc(Cl)c(F)c1)CC1CCC(NC(=O)COc2ccc(Cl)c(F)c2)CC1. The molecule has 32 heavy (non-hydrogen) atoms. The molecule has 0 atom stereocenters. The third-order valence-electron chi connectivity index (χ3n) is 5.28. The summed E-state index contributed by atoms with van der Waals surface area (Å²) in [7, 11) is 0. The minimum atomic E-state index is -0.608. The molecule has 0 aliphatic heterocycles. The van der Waals surface area contributed by atoms with Gasteiger partial charge in [0, 0.05) is 24.6 Å². The van der Waals surface area contributed by atoms with Crippen LogP contribution in [0.4, 0.5) is 8.78 Å². The molecular formula is C23H23Cl2F2NO4. The molecule has 0 bridgehead atoms. The third-order valence-corrected chi connectivity index (χ3v) is 5.89. The van der Waals surface area contributed by atoms with E-state index < -0.39 is 11.6 Å². The highest BCUT2D eigenvalue weighted by atomic mass is 35.5. The molecule has 172 valence electrons. The number of ketones is 1. The highest BCUT2D eigenvalue weighted by Gasteiger charge is 2.24. The maximum atomic E-state index is 13.4. The van der Waals surface area contributed by atoms with E-state index in [1.807, 2.05) is 0 Å². The largest absolute Gasteiger partial charge is 0.486 e. The molecule has 1 amide bonds. The second-order valence-corrected chi connectivity index (χ2v) is 8.57. The molecule has 0 saturated heterocycles. The fourth-order valence-electron chi connectivity index (χ4n) is 3.61. The number of carbonyl (C=O) groups is 2. The van der Waals surface area contributed by atoms with Gasteiger partial charge in [0.15, 0.2) is 12.4 Å². The van der Waals surface area contributed by atoms with E-state index in [9.17, 15) is 18.4 Å². The van der Waals surface area contributed by atoms with Gasteiger partial charge in [0.05, 0.1) is 10.0 Å². The van der Waals surface area contributed by atoms with Gasteiger partial charge in [-0.1, -0.05) is 23.2 Å². The molecule has 9 heteroatoms. The Balaban J connectivity index is 1.33. The first-order valence-corrected chi connectivity index (χ1v) is 11.0. The van der Waals surface area contributed by atoms with Crippen molar-refractivity contribution in [2.24, 2.45) is 5.92 Å². The number of halogens is 4. The number of hydrogen-bond acceptors (Lipinski definition) is 4. The van der Waals surface area contributed by atoms with Crippen molar-refractivity contribution in [3.05, 3.63) is 58.1 Å². The van der Waals surface area contributed by atoms with Gasteiger partial charge in [-0.15, -0.1) is 0 Å². The van der Waals surface area contributed by atoms with E-state index in [0.717, 1.165) is 37.8 Å². The van der Waals surface area contributed by atoms with Gasteiger partial charge in [0.25, 0.3) is 5.91 Å². The van der Waals surface area contributed by atoms with Crippen LogP contribution in [0.2, 0.25) is 10.0 Å². The Morgan fingerprint density at radius 3 is 1.94 bits per heavy atom. The van der Waals surface area contributed by atoms with Crippen LogP contribution >= 0.6 is 23.2 Å². The van der Waals surface area contributed by atoms with Gasteiger partial charge in [0.2, 0.25) is 0 Å². The Kier molecular flexibility index (Phi) is 8.70. The summed E-state index contributed by atoms with van der Waals surface area (Å²) >= 11 is 11.2. The van der Waals surface area contributed by atoms with Crippen molar-refractivity contribution in [1.29, 1.82) is 0 Å². The van der Waals surface area contributed by atoms with Crippen molar-refractivity contribution < 1.29 is 27.8 Å². The van der Waals surface area contributed by atoms with Gasteiger partial charge in [-0.3, -0.25) is 9.59 Å². The summed E-state index contributed by atoms with van der Waals surface area (Å²) in [4.78, 5) is 24.3.